The molecule has 0 aliphatic carbocycles. The molecular formula is C24H29N3O3. The first-order valence-electron chi connectivity index (χ1n) is 10.8. The number of ether oxygens (including phenoxy) is 2. The molecule has 158 valence electrons. The summed E-state index contributed by atoms with van der Waals surface area (Å²) in [5, 5.41) is 2.90. The molecule has 6 nitrogen and oxygen atoms in total. The van der Waals surface area contributed by atoms with Crippen LogP contribution in [0.2, 0.25) is 0 Å². The van der Waals surface area contributed by atoms with E-state index in [0.717, 1.165) is 49.3 Å². The second-order valence-electron chi connectivity index (χ2n) is 7.83. The van der Waals surface area contributed by atoms with Crippen LogP contribution >= 0.6 is 0 Å². The molecule has 1 atom stereocenters. The second-order valence-corrected chi connectivity index (χ2v) is 7.83. The Kier molecular flexibility index (Phi) is 6.98. The molecule has 0 saturated carbocycles. The molecule has 1 aromatic heterocycles. The van der Waals surface area contributed by atoms with Crippen molar-refractivity contribution in [1.82, 2.24) is 9.88 Å². The van der Waals surface area contributed by atoms with Gasteiger partial charge in [0.25, 0.3) is 0 Å². The van der Waals surface area contributed by atoms with Crippen LogP contribution in [0.4, 0.5) is 10.5 Å². The zero-order valence-corrected chi connectivity index (χ0v) is 17.3. The highest BCUT2D eigenvalue weighted by atomic mass is 16.5. The molecule has 2 aliphatic rings. The van der Waals surface area contributed by atoms with Gasteiger partial charge in [-0.2, -0.15) is 0 Å². The van der Waals surface area contributed by atoms with Crippen molar-refractivity contribution in [2.24, 2.45) is 0 Å². The van der Waals surface area contributed by atoms with E-state index in [4.69, 9.17) is 9.47 Å². The lowest BCUT2D eigenvalue weighted by Gasteiger charge is -2.28. The maximum atomic E-state index is 12.4. The van der Waals surface area contributed by atoms with Crippen molar-refractivity contribution in [3.63, 3.8) is 0 Å². The fourth-order valence-corrected chi connectivity index (χ4v) is 3.84. The van der Waals surface area contributed by atoms with Crippen LogP contribution in [0.5, 0.6) is 5.75 Å². The fraction of sp³-hybridized carbons (Fsp3) is 0.417. The summed E-state index contributed by atoms with van der Waals surface area (Å²) in [5.41, 5.74) is 3.22. The highest BCUT2D eigenvalue weighted by Gasteiger charge is 2.19. The Morgan fingerprint density at radius 1 is 1.23 bits per heavy atom. The van der Waals surface area contributed by atoms with Gasteiger partial charge in [-0.3, -0.25) is 4.98 Å². The van der Waals surface area contributed by atoms with E-state index >= 15 is 0 Å². The number of urea groups is 1. The Bertz CT molecular complexity index is 853. The minimum atomic E-state index is -0.0672. The predicted octanol–water partition coefficient (Wildman–Crippen LogP) is 4.74. The standard InChI is InChI=1S/C24H29N3O3/c28-24(26-21-6-4-11-25-17-21)27-12-9-19(10-13-27)15-20-5-3-8-22(16-20)30-18-23-7-1-2-14-29-23/h3-6,8,11,15-17,23H,1-2,7,9-10,12-14,18H2,(H,26,28). The normalized spacial score (nSPS) is 19.3. The number of anilines is 1. The Hall–Kier alpha value is -2.86. The van der Waals surface area contributed by atoms with Crippen LogP contribution < -0.4 is 10.1 Å². The van der Waals surface area contributed by atoms with Gasteiger partial charge in [0.1, 0.15) is 12.4 Å². The third kappa shape index (κ3) is 5.83. The van der Waals surface area contributed by atoms with Gasteiger partial charge in [-0.1, -0.05) is 23.8 Å². The molecule has 30 heavy (non-hydrogen) atoms. The van der Waals surface area contributed by atoms with Crippen molar-refractivity contribution >= 4 is 17.8 Å². The van der Waals surface area contributed by atoms with Crippen LogP contribution in [0.3, 0.4) is 0 Å². The number of hydrogen-bond donors (Lipinski definition) is 1. The molecule has 6 heteroatoms. The lowest BCUT2D eigenvalue weighted by molar-refractivity contribution is -0.0110. The highest BCUT2D eigenvalue weighted by Crippen LogP contribution is 2.23. The number of amides is 2. The number of aromatic nitrogens is 1. The van der Waals surface area contributed by atoms with E-state index in [1.807, 2.05) is 29.2 Å². The molecule has 4 rings (SSSR count). The van der Waals surface area contributed by atoms with E-state index in [2.05, 4.69) is 28.5 Å². The zero-order valence-electron chi connectivity index (χ0n) is 17.3. The van der Waals surface area contributed by atoms with Gasteiger partial charge in [-0.25, -0.2) is 4.79 Å². The topological polar surface area (TPSA) is 63.7 Å². The molecule has 3 heterocycles. The van der Waals surface area contributed by atoms with Crippen molar-refractivity contribution in [1.29, 1.82) is 0 Å². The minimum absolute atomic E-state index is 0.0672. The average Bonchev–Trinajstić information content (AvgIpc) is 2.80. The highest BCUT2D eigenvalue weighted by molar-refractivity contribution is 5.89. The first-order chi connectivity index (χ1) is 14.8. The van der Waals surface area contributed by atoms with Crippen LogP contribution in [0.25, 0.3) is 6.08 Å². The Labute approximate surface area is 177 Å². The largest absolute Gasteiger partial charge is 0.491 e. The van der Waals surface area contributed by atoms with E-state index in [-0.39, 0.29) is 12.1 Å². The van der Waals surface area contributed by atoms with Gasteiger partial charge in [-0.05, 0) is 61.9 Å². The smallest absolute Gasteiger partial charge is 0.321 e. The molecule has 0 radical (unpaired) electrons. The molecule has 0 spiro atoms. The van der Waals surface area contributed by atoms with Crippen molar-refractivity contribution < 1.29 is 14.3 Å². The summed E-state index contributed by atoms with van der Waals surface area (Å²) >= 11 is 0. The summed E-state index contributed by atoms with van der Waals surface area (Å²) in [6.45, 7) is 2.89. The summed E-state index contributed by atoms with van der Waals surface area (Å²) < 4.78 is 11.7. The number of piperidine rings is 1. The summed E-state index contributed by atoms with van der Waals surface area (Å²) in [4.78, 5) is 18.3. The lowest BCUT2D eigenvalue weighted by Crippen LogP contribution is -2.39. The molecule has 2 aliphatic heterocycles. The van der Waals surface area contributed by atoms with Crippen LogP contribution in [-0.2, 0) is 4.74 Å². The SMILES string of the molecule is O=C(Nc1cccnc1)N1CCC(=Cc2cccc(OCC3CCCCO3)c2)CC1. The third-order valence-electron chi connectivity index (χ3n) is 5.54. The quantitative estimate of drug-likeness (QED) is 0.778. The first-order valence-corrected chi connectivity index (χ1v) is 10.8. The van der Waals surface area contributed by atoms with Crippen molar-refractivity contribution in [3.05, 3.63) is 59.9 Å². The Balaban J connectivity index is 1.28. The van der Waals surface area contributed by atoms with Crippen molar-refractivity contribution in [2.75, 3.05) is 31.6 Å². The molecule has 0 bridgehead atoms. The summed E-state index contributed by atoms with van der Waals surface area (Å²) in [5.74, 6) is 0.881. The molecule has 1 unspecified atom stereocenters. The fourth-order valence-electron chi connectivity index (χ4n) is 3.84. The summed E-state index contributed by atoms with van der Waals surface area (Å²) in [6, 6.07) is 11.8. The summed E-state index contributed by atoms with van der Waals surface area (Å²) in [6.07, 6.45) is 11.0. The number of carbonyl (C=O) groups excluding carboxylic acids is 1. The zero-order chi connectivity index (χ0) is 20.6. The van der Waals surface area contributed by atoms with Crippen LogP contribution in [0.1, 0.15) is 37.7 Å². The minimum Gasteiger partial charge on any atom is -0.491 e. The molecule has 1 aromatic carbocycles. The van der Waals surface area contributed by atoms with Gasteiger partial charge in [0.05, 0.1) is 18.0 Å². The second kappa shape index (κ2) is 10.3. The monoisotopic (exact) mass is 407 g/mol. The van der Waals surface area contributed by atoms with Gasteiger partial charge < -0.3 is 19.7 Å². The molecule has 2 aromatic rings. The van der Waals surface area contributed by atoms with Crippen LogP contribution in [0.15, 0.2) is 54.4 Å². The number of rotatable bonds is 5. The van der Waals surface area contributed by atoms with Crippen molar-refractivity contribution in [3.8, 4) is 5.75 Å². The van der Waals surface area contributed by atoms with Crippen molar-refractivity contribution in [2.45, 2.75) is 38.2 Å². The van der Waals surface area contributed by atoms with E-state index in [1.54, 1.807) is 12.4 Å². The molecular weight excluding hydrogens is 378 g/mol. The molecule has 1 N–H and O–H groups in total. The van der Waals surface area contributed by atoms with Gasteiger partial charge in [-0.15, -0.1) is 0 Å². The van der Waals surface area contributed by atoms with E-state index < -0.39 is 0 Å². The number of nitrogens with zero attached hydrogens (tertiary/aromatic N) is 2. The Morgan fingerprint density at radius 2 is 2.13 bits per heavy atom. The van der Waals surface area contributed by atoms with Crippen LogP contribution in [-0.4, -0.2) is 48.3 Å². The number of pyridine rings is 1. The number of benzene rings is 1. The van der Waals surface area contributed by atoms with Gasteiger partial charge in [0, 0.05) is 25.9 Å². The number of hydrogen-bond acceptors (Lipinski definition) is 4. The third-order valence-corrected chi connectivity index (χ3v) is 5.54. The molecule has 2 amide bonds. The Morgan fingerprint density at radius 3 is 2.90 bits per heavy atom. The maximum Gasteiger partial charge on any atom is 0.321 e. The van der Waals surface area contributed by atoms with Crippen LogP contribution in [0, 0.1) is 0 Å². The number of nitrogens with one attached hydrogen (secondary N) is 1. The van der Waals surface area contributed by atoms with E-state index in [1.165, 1.54) is 12.0 Å². The number of carbonyl (C=O) groups is 1. The molecule has 2 saturated heterocycles. The van der Waals surface area contributed by atoms with Gasteiger partial charge in [0.2, 0.25) is 0 Å². The summed E-state index contributed by atoms with van der Waals surface area (Å²) in [7, 11) is 0. The lowest BCUT2D eigenvalue weighted by atomic mass is 10.0. The predicted molar refractivity (Wildman–Crippen MR) is 118 cm³/mol. The van der Waals surface area contributed by atoms with Gasteiger partial charge in [0.15, 0.2) is 0 Å². The maximum absolute atomic E-state index is 12.4. The van der Waals surface area contributed by atoms with Gasteiger partial charge >= 0.3 is 6.03 Å². The number of likely N-dealkylation sites (tertiary alicyclic amines) is 1. The van der Waals surface area contributed by atoms with E-state index in [9.17, 15) is 4.79 Å². The molecule has 2 fully saturated rings. The van der Waals surface area contributed by atoms with E-state index in [0.29, 0.717) is 19.7 Å². The first kappa shape index (κ1) is 20.4. The average molecular weight is 408 g/mol.